The van der Waals surface area contributed by atoms with Crippen LogP contribution in [0.4, 0.5) is 0 Å². The van der Waals surface area contributed by atoms with Crippen LogP contribution >= 0.6 is 12.6 Å². The number of aryl methyl sites for hydroxylation is 2. The highest BCUT2D eigenvalue weighted by atomic mass is 32.1. The zero-order chi connectivity index (χ0) is 13.1. The average Bonchev–Trinajstić information content (AvgIpc) is 2.19. The van der Waals surface area contributed by atoms with Gasteiger partial charge in [-0.2, -0.15) is 12.6 Å². The minimum atomic E-state index is 0.236. The highest BCUT2D eigenvalue weighted by Gasteiger charge is 2.24. The van der Waals surface area contributed by atoms with Gasteiger partial charge in [0.15, 0.2) is 0 Å². The standard InChI is InChI=1S/C15H24OS/c1-11-6-7-14(12(2)8-11)16-9-13(10-17)15(3,4)5/h6-8,13,17H,9-10H2,1-5H3. The van der Waals surface area contributed by atoms with Crippen LogP contribution in [0.1, 0.15) is 31.9 Å². The van der Waals surface area contributed by atoms with Crippen molar-refractivity contribution in [1.82, 2.24) is 0 Å². The minimum absolute atomic E-state index is 0.236. The van der Waals surface area contributed by atoms with Gasteiger partial charge in [0.1, 0.15) is 5.75 Å². The van der Waals surface area contributed by atoms with Crippen molar-refractivity contribution in [2.24, 2.45) is 11.3 Å². The molecule has 1 nitrogen and oxygen atoms in total. The summed E-state index contributed by atoms with van der Waals surface area (Å²) in [5.74, 6) is 2.31. The monoisotopic (exact) mass is 252 g/mol. The lowest BCUT2D eigenvalue weighted by molar-refractivity contribution is 0.164. The zero-order valence-electron chi connectivity index (χ0n) is 11.6. The van der Waals surface area contributed by atoms with Crippen molar-refractivity contribution < 1.29 is 4.74 Å². The number of benzene rings is 1. The van der Waals surface area contributed by atoms with Crippen LogP contribution in [0.25, 0.3) is 0 Å². The molecule has 1 atom stereocenters. The summed E-state index contributed by atoms with van der Waals surface area (Å²) in [7, 11) is 0. The summed E-state index contributed by atoms with van der Waals surface area (Å²) >= 11 is 4.42. The summed E-state index contributed by atoms with van der Waals surface area (Å²) < 4.78 is 5.92. The molecule has 1 rings (SSSR count). The largest absolute Gasteiger partial charge is 0.493 e. The summed E-state index contributed by atoms with van der Waals surface area (Å²) in [6.45, 7) is 11.6. The Morgan fingerprint density at radius 1 is 1.24 bits per heavy atom. The fraction of sp³-hybridized carbons (Fsp3) is 0.600. The van der Waals surface area contributed by atoms with Gasteiger partial charge in [0.25, 0.3) is 0 Å². The molecule has 0 spiro atoms. The second kappa shape index (κ2) is 5.81. The topological polar surface area (TPSA) is 9.23 Å². The summed E-state index contributed by atoms with van der Waals surface area (Å²) in [6, 6.07) is 6.31. The van der Waals surface area contributed by atoms with E-state index in [4.69, 9.17) is 4.74 Å². The van der Waals surface area contributed by atoms with E-state index in [9.17, 15) is 0 Å². The van der Waals surface area contributed by atoms with Crippen molar-refractivity contribution in [2.45, 2.75) is 34.6 Å². The van der Waals surface area contributed by atoms with Gasteiger partial charge < -0.3 is 4.74 Å². The molecule has 0 N–H and O–H groups in total. The van der Waals surface area contributed by atoms with Crippen LogP contribution in [0.2, 0.25) is 0 Å². The van der Waals surface area contributed by atoms with Crippen molar-refractivity contribution in [2.75, 3.05) is 12.4 Å². The lowest BCUT2D eigenvalue weighted by Crippen LogP contribution is -2.28. The van der Waals surface area contributed by atoms with E-state index in [0.29, 0.717) is 5.92 Å². The van der Waals surface area contributed by atoms with Crippen molar-refractivity contribution >= 4 is 12.6 Å². The SMILES string of the molecule is Cc1ccc(OCC(CS)C(C)(C)C)c(C)c1. The van der Waals surface area contributed by atoms with Crippen molar-refractivity contribution in [3.05, 3.63) is 29.3 Å². The number of rotatable bonds is 4. The Balaban J connectivity index is 2.66. The third-order valence-corrected chi connectivity index (χ3v) is 3.66. The van der Waals surface area contributed by atoms with E-state index in [0.717, 1.165) is 18.1 Å². The summed E-state index contributed by atoms with van der Waals surface area (Å²) in [5, 5.41) is 0. The van der Waals surface area contributed by atoms with E-state index in [1.807, 2.05) is 0 Å². The highest BCUT2D eigenvalue weighted by molar-refractivity contribution is 7.80. The van der Waals surface area contributed by atoms with Gasteiger partial charge in [0.05, 0.1) is 6.61 Å². The molecule has 0 amide bonds. The normalized spacial score (nSPS) is 13.5. The fourth-order valence-electron chi connectivity index (χ4n) is 1.73. The van der Waals surface area contributed by atoms with Crippen molar-refractivity contribution in [3.8, 4) is 5.75 Å². The molecule has 0 saturated carbocycles. The van der Waals surface area contributed by atoms with Gasteiger partial charge in [0, 0.05) is 5.92 Å². The maximum Gasteiger partial charge on any atom is 0.122 e. The number of hydrogen-bond donors (Lipinski definition) is 1. The van der Waals surface area contributed by atoms with Gasteiger partial charge in [-0.05, 0) is 36.6 Å². The third-order valence-electron chi connectivity index (χ3n) is 3.22. The Kier molecular flexibility index (Phi) is 4.93. The van der Waals surface area contributed by atoms with Crippen LogP contribution in [0, 0.1) is 25.2 Å². The maximum absolute atomic E-state index is 5.92. The lowest BCUT2D eigenvalue weighted by Gasteiger charge is -2.29. The molecule has 0 aromatic heterocycles. The number of thiol groups is 1. The van der Waals surface area contributed by atoms with E-state index >= 15 is 0 Å². The molecule has 1 aromatic carbocycles. The van der Waals surface area contributed by atoms with Crippen LogP contribution in [-0.4, -0.2) is 12.4 Å². The van der Waals surface area contributed by atoms with E-state index in [2.05, 4.69) is 65.4 Å². The molecule has 96 valence electrons. The van der Waals surface area contributed by atoms with E-state index in [1.54, 1.807) is 0 Å². The Hall–Kier alpha value is -0.630. The molecule has 0 heterocycles. The number of ether oxygens (including phenoxy) is 1. The minimum Gasteiger partial charge on any atom is -0.493 e. The second-order valence-corrected chi connectivity index (χ2v) is 6.19. The zero-order valence-corrected chi connectivity index (χ0v) is 12.5. The molecule has 17 heavy (non-hydrogen) atoms. The molecule has 0 radical (unpaired) electrons. The molecule has 0 aliphatic rings. The summed E-state index contributed by atoms with van der Waals surface area (Å²) in [5.41, 5.74) is 2.72. The smallest absolute Gasteiger partial charge is 0.122 e. The third kappa shape index (κ3) is 4.27. The average molecular weight is 252 g/mol. The van der Waals surface area contributed by atoms with Gasteiger partial charge in [-0.3, -0.25) is 0 Å². The fourth-order valence-corrected chi connectivity index (χ4v) is 2.38. The predicted octanol–water partition coefficient (Wildman–Crippen LogP) is 4.27. The van der Waals surface area contributed by atoms with Crippen LogP contribution in [0.15, 0.2) is 18.2 Å². The van der Waals surface area contributed by atoms with Crippen LogP contribution in [-0.2, 0) is 0 Å². The lowest BCUT2D eigenvalue weighted by atomic mass is 9.82. The molecular weight excluding hydrogens is 228 g/mol. The first-order valence-electron chi connectivity index (χ1n) is 6.15. The molecule has 0 bridgehead atoms. The van der Waals surface area contributed by atoms with E-state index in [1.165, 1.54) is 11.1 Å². The van der Waals surface area contributed by atoms with Crippen LogP contribution in [0.5, 0.6) is 5.75 Å². The first-order valence-corrected chi connectivity index (χ1v) is 6.78. The molecular formula is C15H24OS. The quantitative estimate of drug-likeness (QED) is 0.787. The first kappa shape index (κ1) is 14.4. The summed E-state index contributed by atoms with van der Waals surface area (Å²) in [6.07, 6.45) is 0. The number of hydrogen-bond acceptors (Lipinski definition) is 2. The Bertz CT molecular complexity index is 366. The molecule has 0 saturated heterocycles. The predicted molar refractivity (Wildman–Crippen MR) is 78.2 cm³/mol. The molecule has 0 aliphatic heterocycles. The van der Waals surface area contributed by atoms with Gasteiger partial charge >= 0.3 is 0 Å². The van der Waals surface area contributed by atoms with Gasteiger partial charge in [-0.1, -0.05) is 38.5 Å². The van der Waals surface area contributed by atoms with Gasteiger partial charge in [0.2, 0.25) is 0 Å². The van der Waals surface area contributed by atoms with Crippen LogP contribution < -0.4 is 4.74 Å². The van der Waals surface area contributed by atoms with E-state index < -0.39 is 0 Å². The molecule has 0 fully saturated rings. The highest BCUT2D eigenvalue weighted by Crippen LogP contribution is 2.28. The Morgan fingerprint density at radius 3 is 2.35 bits per heavy atom. The molecule has 1 aromatic rings. The van der Waals surface area contributed by atoms with Crippen molar-refractivity contribution in [3.63, 3.8) is 0 Å². The second-order valence-electron chi connectivity index (χ2n) is 5.83. The van der Waals surface area contributed by atoms with Crippen molar-refractivity contribution in [1.29, 1.82) is 0 Å². The van der Waals surface area contributed by atoms with Gasteiger partial charge in [-0.15, -0.1) is 0 Å². The maximum atomic E-state index is 5.92. The Labute approximate surface area is 111 Å². The molecule has 2 heteroatoms. The molecule has 0 aliphatic carbocycles. The van der Waals surface area contributed by atoms with Crippen LogP contribution in [0.3, 0.4) is 0 Å². The Morgan fingerprint density at radius 2 is 1.88 bits per heavy atom. The van der Waals surface area contributed by atoms with E-state index in [-0.39, 0.29) is 5.41 Å². The van der Waals surface area contributed by atoms with Gasteiger partial charge in [-0.25, -0.2) is 0 Å². The first-order chi connectivity index (χ1) is 7.84. The molecule has 1 unspecified atom stereocenters. The summed E-state index contributed by atoms with van der Waals surface area (Å²) in [4.78, 5) is 0.